The fourth-order valence-electron chi connectivity index (χ4n) is 2.16. The van der Waals surface area contributed by atoms with Crippen LogP contribution in [0.25, 0.3) is 0 Å². The van der Waals surface area contributed by atoms with E-state index in [2.05, 4.69) is 5.32 Å². The van der Waals surface area contributed by atoms with Gasteiger partial charge >= 0.3 is 0 Å². The minimum Gasteiger partial charge on any atom is -0.323 e. The van der Waals surface area contributed by atoms with Crippen molar-refractivity contribution in [1.82, 2.24) is 4.90 Å². The van der Waals surface area contributed by atoms with Crippen LogP contribution in [-0.2, 0) is 14.4 Å². The highest BCUT2D eigenvalue weighted by Crippen LogP contribution is 2.15. The molecule has 6 nitrogen and oxygen atoms in total. The lowest BCUT2D eigenvalue weighted by Gasteiger charge is -2.18. The molecule has 1 N–H and O–H groups in total. The summed E-state index contributed by atoms with van der Waals surface area (Å²) in [5.74, 6) is -1.12. The first-order valence-corrected chi connectivity index (χ1v) is 6.74. The van der Waals surface area contributed by atoms with E-state index >= 15 is 0 Å². The van der Waals surface area contributed by atoms with Crippen LogP contribution >= 0.6 is 0 Å². The van der Waals surface area contributed by atoms with Gasteiger partial charge in [0, 0.05) is 12.8 Å². The fraction of sp³-hybridized carbons (Fsp3) is 0.333. The fourth-order valence-corrected chi connectivity index (χ4v) is 2.16. The maximum absolute atomic E-state index is 12.0. The van der Waals surface area contributed by atoms with Crippen molar-refractivity contribution in [2.75, 3.05) is 11.9 Å². The van der Waals surface area contributed by atoms with Gasteiger partial charge in [-0.1, -0.05) is 12.1 Å². The van der Waals surface area contributed by atoms with Crippen LogP contribution in [0, 0.1) is 11.3 Å². The number of rotatable bonds is 3. The Hall–Kier alpha value is -2.68. The van der Waals surface area contributed by atoms with Crippen LogP contribution in [-0.4, -0.2) is 29.2 Å². The molecule has 0 atom stereocenters. The predicted molar refractivity (Wildman–Crippen MR) is 75.0 cm³/mol. The minimum atomic E-state index is -0.485. The van der Waals surface area contributed by atoms with Crippen molar-refractivity contribution in [3.8, 4) is 6.07 Å². The third kappa shape index (κ3) is 3.66. The molecule has 0 aromatic heterocycles. The second-order valence-corrected chi connectivity index (χ2v) is 4.79. The van der Waals surface area contributed by atoms with Gasteiger partial charge in [-0.3, -0.25) is 19.3 Å². The molecule has 1 aromatic rings. The van der Waals surface area contributed by atoms with Crippen molar-refractivity contribution in [1.29, 1.82) is 5.26 Å². The smallest absolute Gasteiger partial charge is 0.244 e. The molecule has 0 aliphatic carbocycles. The van der Waals surface area contributed by atoms with Crippen LogP contribution in [0.5, 0.6) is 0 Å². The van der Waals surface area contributed by atoms with E-state index in [0.717, 1.165) is 4.90 Å². The molecular formula is C15H15N3O3. The second-order valence-electron chi connectivity index (χ2n) is 4.79. The number of hydrogen-bond donors (Lipinski definition) is 1. The summed E-state index contributed by atoms with van der Waals surface area (Å²) >= 11 is 0. The number of hydrogen-bond acceptors (Lipinski definition) is 4. The van der Waals surface area contributed by atoms with Crippen LogP contribution in [0.1, 0.15) is 31.2 Å². The van der Waals surface area contributed by atoms with Gasteiger partial charge < -0.3 is 5.32 Å². The van der Waals surface area contributed by atoms with Gasteiger partial charge in [0.15, 0.2) is 0 Å². The molecule has 0 bridgehead atoms. The van der Waals surface area contributed by atoms with E-state index in [-0.39, 0.29) is 31.2 Å². The van der Waals surface area contributed by atoms with Crippen molar-refractivity contribution in [3.05, 3.63) is 29.8 Å². The SMILES string of the molecule is N#Cc1ccccc1NC(=O)CN1C(=O)CCCCC1=O. The van der Waals surface area contributed by atoms with E-state index in [1.807, 2.05) is 6.07 Å². The molecule has 0 saturated carbocycles. The summed E-state index contributed by atoms with van der Waals surface area (Å²) in [6.45, 7) is -0.308. The van der Waals surface area contributed by atoms with Gasteiger partial charge in [0.1, 0.15) is 12.6 Å². The minimum absolute atomic E-state index is 0.286. The van der Waals surface area contributed by atoms with Gasteiger partial charge in [-0.15, -0.1) is 0 Å². The molecular weight excluding hydrogens is 270 g/mol. The average Bonchev–Trinajstić information content (AvgIpc) is 2.63. The number of nitriles is 1. The molecule has 1 aromatic carbocycles. The molecule has 6 heteroatoms. The summed E-state index contributed by atoms with van der Waals surface area (Å²) in [6.07, 6.45) is 1.90. The molecule has 3 amide bonds. The Labute approximate surface area is 122 Å². The average molecular weight is 285 g/mol. The van der Waals surface area contributed by atoms with E-state index in [4.69, 9.17) is 5.26 Å². The van der Waals surface area contributed by atoms with Gasteiger partial charge in [-0.25, -0.2) is 0 Å². The lowest BCUT2D eigenvalue weighted by atomic mass is 10.2. The lowest BCUT2D eigenvalue weighted by molar-refractivity contribution is -0.146. The van der Waals surface area contributed by atoms with Gasteiger partial charge in [0.2, 0.25) is 17.7 Å². The Morgan fingerprint density at radius 3 is 2.43 bits per heavy atom. The van der Waals surface area contributed by atoms with Gasteiger partial charge in [0.25, 0.3) is 0 Å². The number of nitrogens with one attached hydrogen (secondary N) is 1. The highest BCUT2D eigenvalue weighted by molar-refractivity contribution is 6.02. The zero-order valence-corrected chi connectivity index (χ0v) is 11.5. The Balaban J connectivity index is 2.05. The Morgan fingerprint density at radius 2 is 1.81 bits per heavy atom. The lowest BCUT2D eigenvalue weighted by Crippen LogP contribution is -2.41. The second kappa shape index (κ2) is 6.66. The van der Waals surface area contributed by atoms with Gasteiger partial charge in [-0.05, 0) is 25.0 Å². The van der Waals surface area contributed by atoms with Gasteiger partial charge in [-0.2, -0.15) is 5.26 Å². The number of carbonyl (C=O) groups excluding carboxylic acids is 3. The predicted octanol–water partition coefficient (Wildman–Crippen LogP) is 1.43. The number of benzene rings is 1. The highest BCUT2D eigenvalue weighted by Gasteiger charge is 2.26. The molecule has 1 heterocycles. The maximum atomic E-state index is 12.0. The van der Waals surface area contributed by atoms with Crippen molar-refractivity contribution >= 4 is 23.4 Å². The van der Waals surface area contributed by atoms with Crippen LogP contribution in [0.15, 0.2) is 24.3 Å². The van der Waals surface area contributed by atoms with E-state index in [1.54, 1.807) is 24.3 Å². The summed E-state index contributed by atoms with van der Waals surface area (Å²) in [6, 6.07) is 8.53. The normalized spacial score (nSPS) is 15.3. The van der Waals surface area contributed by atoms with Crippen LogP contribution in [0.4, 0.5) is 5.69 Å². The monoisotopic (exact) mass is 285 g/mol. The maximum Gasteiger partial charge on any atom is 0.244 e. The van der Waals surface area contributed by atoms with Gasteiger partial charge in [0.05, 0.1) is 11.3 Å². The third-order valence-corrected chi connectivity index (χ3v) is 3.26. The Bertz CT molecular complexity index is 601. The Morgan fingerprint density at radius 1 is 1.19 bits per heavy atom. The number of imide groups is 1. The third-order valence-electron chi connectivity index (χ3n) is 3.26. The van der Waals surface area contributed by atoms with Crippen molar-refractivity contribution in [3.63, 3.8) is 0 Å². The number of anilines is 1. The van der Waals surface area contributed by atoms with Crippen LogP contribution in [0.2, 0.25) is 0 Å². The Kier molecular flexibility index (Phi) is 4.67. The van der Waals surface area contributed by atoms with Crippen LogP contribution in [0.3, 0.4) is 0 Å². The molecule has 1 aliphatic rings. The summed E-state index contributed by atoms with van der Waals surface area (Å²) in [4.78, 5) is 36.6. The first-order chi connectivity index (χ1) is 10.1. The van der Waals surface area contributed by atoms with Crippen molar-refractivity contribution in [2.45, 2.75) is 25.7 Å². The molecule has 0 radical (unpaired) electrons. The van der Waals surface area contributed by atoms with E-state index in [1.165, 1.54) is 0 Å². The summed E-state index contributed by atoms with van der Waals surface area (Å²) in [5.41, 5.74) is 0.707. The zero-order chi connectivity index (χ0) is 15.2. The van der Waals surface area contributed by atoms with Crippen molar-refractivity contribution in [2.24, 2.45) is 0 Å². The molecule has 1 fully saturated rings. The first-order valence-electron chi connectivity index (χ1n) is 6.74. The molecule has 2 rings (SSSR count). The molecule has 1 saturated heterocycles. The molecule has 21 heavy (non-hydrogen) atoms. The zero-order valence-electron chi connectivity index (χ0n) is 11.5. The molecule has 0 spiro atoms. The van der Waals surface area contributed by atoms with Crippen molar-refractivity contribution < 1.29 is 14.4 Å². The van der Waals surface area contributed by atoms with E-state index < -0.39 is 5.91 Å². The summed E-state index contributed by atoms with van der Waals surface area (Å²) < 4.78 is 0. The highest BCUT2D eigenvalue weighted by atomic mass is 16.2. The van der Waals surface area contributed by atoms with Crippen LogP contribution < -0.4 is 5.32 Å². The summed E-state index contributed by atoms with van der Waals surface area (Å²) in [7, 11) is 0. The molecule has 1 aliphatic heterocycles. The number of nitrogens with zero attached hydrogens (tertiary/aromatic N) is 2. The molecule has 0 unspecified atom stereocenters. The topological polar surface area (TPSA) is 90.3 Å². The van der Waals surface area contributed by atoms with E-state index in [0.29, 0.717) is 24.1 Å². The summed E-state index contributed by atoms with van der Waals surface area (Å²) in [5, 5.41) is 11.5. The largest absolute Gasteiger partial charge is 0.323 e. The number of carbonyl (C=O) groups is 3. The molecule has 108 valence electrons. The van der Waals surface area contributed by atoms with E-state index in [9.17, 15) is 14.4 Å². The number of amides is 3. The number of para-hydroxylation sites is 1. The first kappa shape index (κ1) is 14.7. The number of likely N-dealkylation sites (tertiary alicyclic amines) is 1. The standard InChI is InChI=1S/C15H15N3O3/c16-9-11-5-1-2-6-12(11)17-13(19)10-18-14(20)7-3-4-8-15(18)21/h1-2,5-6H,3-4,7-8,10H2,(H,17,19). The quantitative estimate of drug-likeness (QED) is 0.850.